The summed E-state index contributed by atoms with van der Waals surface area (Å²) in [6.45, 7) is 0.589. The van der Waals surface area contributed by atoms with Gasteiger partial charge < -0.3 is 19.5 Å². The molecule has 1 aliphatic heterocycles. The number of esters is 1. The molecule has 2 rings (SSSR count). The number of hydrogen-bond acceptors (Lipinski definition) is 5. The molecule has 1 N–H and O–H groups in total. The molecule has 0 unspecified atom stereocenters. The summed E-state index contributed by atoms with van der Waals surface area (Å²) in [5, 5.41) is 3.24. The van der Waals surface area contributed by atoms with Crippen LogP contribution in [-0.4, -0.2) is 44.3 Å². The molecule has 1 fully saturated rings. The van der Waals surface area contributed by atoms with Crippen LogP contribution in [-0.2, 0) is 19.1 Å². The molecule has 1 aliphatic rings. The summed E-state index contributed by atoms with van der Waals surface area (Å²) >= 11 is 5.74. The summed E-state index contributed by atoms with van der Waals surface area (Å²) in [5.41, 5.74) is 0. The van der Waals surface area contributed by atoms with Gasteiger partial charge in [0.25, 0.3) is 5.91 Å². The maximum atomic E-state index is 11.5. The molecule has 22 heavy (non-hydrogen) atoms. The Morgan fingerprint density at radius 1 is 1.27 bits per heavy atom. The van der Waals surface area contributed by atoms with E-state index >= 15 is 0 Å². The van der Waals surface area contributed by atoms with E-state index in [1.807, 2.05) is 0 Å². The highest BCUT2D eigenvalue weighted by Gasteiger charge is 2.16. The zero-order chi connectivity index (χ0) is 15.8. The van der Waals surface area contributed by atoms with Gasteiger partial charge in [-0.05, 0) is 37.1 Å². The van der Waals surface area contributed by atoms with E-state index in [1.165, 1.54) is 0 Å². The van der Waals surface area contributed by atoms with E-state index in [0.29, 0.717) is 17.3 Å². The lowest BCUT2D eigenvalue weighted by Gasteiger charge is -2.11. The van der Waals surface area contributed by atoms with Crippen LogP contribution in [0.2, 0.25) is 5.02 Å². The second-order valence-corrected chi connectivity index (χ2v) is 5.28. The molecule has 7 heteroatoms. The van der Waals surface area contributed by atoms with E-state index < -0.39 is 5.97 Å². The van der Waals surface area contributed by atoms with Crippen LogP contribution in [0.3, 0.4) is 0 Å². The summed E-state index contributed by atoms with van der Waals surface area (Å²) < 4.78 is 15.4. The van der Waals surface area contributed by atoms with Crippen LogP contribution < -0.4 is 10.1 Å². The van der Waals surface area contributed by atoms with E-state index in [0.717, 1.165) is 19.4 Å². The third-order valence-electron chi connectivity index (χ3n) is 3.09. The van der Waals surface area contributed by atoms with Crippen molar-refractivity contribution in [2.24, 2.45) is 0 Å². The van der Waals surface area contributed by atoms with Gasteiger partial charge in [-0.1, -0.05) is 11.6 Å². The van der Waals surface area contributed by atoms with Gasteiger partial charge in [0.1, 0.15) is 5.75 Å². The standard InChI is InChI=1S/C15H18ClNO5/c16-11-3-5-12(6-4-11)21-10-15(19)22-9-14(18)17-8-13-2-1-7-20-13/h3-6,13H,1-2,7-10H2,(H,17,18)/t13-/m0/s1. The van der Waals surface area contributed by atoms with Gasteiger partial charge in [0.15, 0.2) is 13.2 Å². The smallest absolute Gasteiger partial charge is 0.344 e. The summed E-state index contributed by atoms with van der Waals surface area (Å²) in [6.07, 6.45) is 2.01. The van der Waals surface area contributed by atoms with Gasteiger partial charge in [-0.25, -0.2) is 4.79 Å². The largest absolute Gasteiger partial charge is 0.482 e. The maximum absolute atomic E-state index is 11.5. The van der Waals surface area contributed by atoms with Gasteiger partial charge in [-0.15, -0.1) is 0 Å². The number of halogens is 1. The van der Waals surface area contributed by atoms with Crippen molar-refractivity contribution in [3.05, 3.63) is 29.3 Å². The number of rotatable bonds is 7. The van der Waals surface area contributed by atoms with Crippen molar-refractivity contribution >= 4 is 23.5 Å². The molecule has 0 aromatic heterocycles. The second kappa shape index (κ2) is 8.60. The zero-order valence-corrected chi connectivity index (χ0v) is 12.8. The van der Waals surface area contributed by atoms with Crippen LogP contribution in [0.15, 0.2) is 24.3 Å². The van der Waals surface area contributed by atoms with Crippen LogP contribution in [0, 0.1) is 0 Å². The number of nitrogens with one attached hydrogen (secondary N) is 1. The quantitative estimate of drug-likeness (QED) is 0.769. The number of carbonyl (C=O) groups excluding carboxylic acids is 2. The van der Waals surface area contributed by atoms with Gasteiger partial charge in [0, 0.05) is 18.2 Å². The second-order valence-electron chi connectivity index (χ2n) is 4.84. The predicted molar refractivity (Wildman–Crippen MR) is 79.9 cm³/mol. The van der Waals surface area contributed by atoms with E-state index in [2.05, 4.69) is 5.32 Å². The lowest BCUT2D eigenvalue weighted by molar-refractivity contribution is -0.150. The average molecular weight is 328 g/mol. The van der Waals surface area contributed by atoms with Crippen LogP contribution in [0.5, 0.6) is 5.75 Å². The highest BCUT2D eigenvalue weighted by Crippen LogP contribution is 2.15. The fraction of sp³-hybridized carbons (Fsp3) is 0.467. The number of amides is 1. The molecule has 0 bridgehead atoms. The summed E-state index contributed by atoms with van der Waals surface area (Å²) in [5.74, 6) is -0.457. The van der Waals surface area contributed by atoms with E-state index in [4.69, 9.17) is 25.8 Å². The molecular weight excluding hydrogens is 310 g/mol. The Kier molecular flexibility index (Phi) is 6.48. The van der Waals surface area contributed by atoms with Crippen LogP contribution in [0.1, 0.15) is 12.8 Å². The van der Waals surface area contributed by atoms with Gasteiger partial charge in [-0.2, -0.15) is 0 Å². The molecule has 0 spiro atoms. The van der Waals surface area contributed by atoms with Crippen LogP contribution in [0.4, 0.5) is 0 Å². The van der Waals surface area contributed by atoms with Gasteiger partial charge >= 0.3 is 5.97 Å². The fourth-order valence-corrected chi connectivity index (χ4v) is 2.07. The third-order valence-corrected chi connectivity index (χ3v) is 3.34. The normalized spacial score (nSPS) is 17.0. The Bertz CT molecular complexity index is 499. The topological polar surface area (TPSA) is 73.9 Å². The van der Waals surface area contributed by atoms with Crippen molar-refractivity contribution in [3.63, 3.8) is 0 Å². The highest BCUT2D eigenvalue weighted by molar-refractivity contribution is 6.30. The Morgan fingerprint density at radius 3 is 2.73 bits per heavy atom. The minimum Gasteiger partial charge on any atom is -0.482 e. The van der Waals surface area contributed by atoms with Crippen molar-refractivity contribution in [2.45, 2.75) is 18.9 Å². The average Bonchev–Trinajstić information content (AvgIpc) is 3.04. The van der Waals surface area contributed by atoms with Crippen molar-refractivity contribution < 1.29 is 23.8 Å². The van der Waals surface area contributed by atoms with Crippen molar-refractivity contribution in [1.82, 2.24) is 5.32 Å². The van der Waals surface area contributed by atoms with Crippen LogP contribution in [0.25, 0.3) is 0 Å². The minimum atomic E-state index is -0.609. The van der Waals surface area contributed by atoms with E-state index in [-0.39, 0.29) is 25.2 Å². The molecule has 0 radical (unpaired) electrons. The van der Waals surface area contributed by atoms with Gasteiger partial charge in [-0.3, -0.25) is 4.79 Å². The van der Waals surface area contributed by atoms with Crippen molar-refractivity contribution in [1.29, 1.82) is 0 Å². The Labute approximate surface area is 133 Å². The number of hydrogen-bond donors (Lipinski definition) is 1. The summed E-state index contributed by atoms with van der Waals surface area (Å²) in [6, 6.07) is 6.59. The first-order valence-corrected chi connectivity index (χ1v) is 7.43. The van der Waals surface area contributed by atoms with E-state index in [1.54, 1.807) is 24.3 Å². The number of benzene rings is 1. The molecule has 1 aromatic carbocycles. The molecule has 6 nitrogen and oxygen atoms in total. The van der Waals surface area contributed by atoms with E-state index in [9.17, 15) is 9.59 Å². The summed E-state index contributed by atoms with van der Waals surface area (Å²) in [4.78, 5) is 23.0. The fourth-order valence-electron chi connectivity index (χ4n) is 1.94. The lowest BCUT2D eigenvalue weighted by atomic mass is 10.2. The van der Waals surface area contributed by atoms with Crippen molar-refractivity contribution in [3.8, 4) is 5.75 Å². The molecule has 1 aromatic rings. The molecule has 120 valence electrons. The minimum absolute atomic E-state index is 0.0629. The maximum Gasteiger partial charge on any atom is 0.344 e. The lowest BCUT2D eigenvalue weighted by Crippen LogP contribution is -2.35. The molecular formula is C15H18ClNO5. The number of ether oxygens (including phenoxy) is 3. The first kappa shape index (κ1) is 16.6. The zero-order valence-electron chi connectivity index (χ0n) is 12.0. The predicted octanol–water partition coefficient (Wildman–Crippen LogP) is 1.56. The highest BCUT2D eigenvalue weighted by atomic mass is 35.5. The molecule has 1 heterocycles. The molecule has 0 aliphatic carbocycles. The molecule has 1 saturated heterocycles. The Hall–Kier alpha value is -1.79. The molecule has 1 atom stereocenters. The van der Waals surface area contributed by atoms with Gasteiger partial charge in [0.2, 0.25) is 0 Å². The SMILES string of the molecule is O=C(COC(=O)COc1ccc(Cl)cc1)NC[C@@H]1CCCO1. The Balaban J connectivity index is 1.58. The van der Waals surface area contributed by atoms with Gasteiger partial charge in [0.05, 0.1) is 6.10 Å². The molecule has 0 saturated carbocycles. The van der Waals surface area contributed by atoms with Crippen LogP contribution >= 0.6 is 11.6 Å². The molecule has 1 amide bonds. The third kappa shape index (κ3) is 5.91. The Morgan fingerprint density at radius 2 is 2.05 bits per heavy atom. The monoisotopic (exact) mass is 327 g/mol. The first-order valence-electron chi connectivity index (χ1n) is 7.06. The number of carbonyl (C=O) groups is 2. The van der Waals surface area contributed by atoms with Crippen molar-refractivity contribution in [2.75, 3.05) is 26.4 Å². The summed E-state index contributed by atoms with van der Waals surface area (Å²) in [7, 11) is 0. The first-order chi connectivity index (χ1) is 10.6.